The van der Waals surface area contributed by atoms with Crippen molar-refractivity contribution in [2.75, 3.05) is 13.7 Å². The second-order valence-electron chi connectivity index (χ2n) is 9.63. The highest BCUT2D eigenvalue weighted by Gasteiger charge is 2.28. The summed E-state index contributed by atoms with van der Waals surface area (Å²) >= 11 is 6.22. The van der Waals surface area contributed by atoms with E-state index in [1.165, 1.54) is 43.0 Å². The van der Waals surface area contributed by atoms with Crippen LogP contribution in [0.15, 0.2) is 59.5 Å². The molecule has 0 amide bonds. The van der Waals surface area contributed by atoms with Crippen molar-refractivity contribution in [2.45, 2.75) is 51.2 Å². The molecule has 204 valence electrons. The topological polar surface area (TPSA) is 112 Å². The number of rotatable bonds is 10. The van der Waals surface area contributed by atoms with Gasteiger partial charge in [-0.3, -0.25) is 14.4 Å². The van der Waals surface area contributed by atoms with Gasteiger partial charge in [0, 0.05) is 41.7 Å². The Hall–Kier alpha value is -3.75. The summed E-state index contributed by atoms with van der Waals surface area (Å²) in [5.41, 5.74) is 1.59. The Morgan fingerprint density at radius 3 is 2.46 bits per heavy atom. The fourth-order valence-electron chi connectivity index (χ4n) is 4.92. The number of carbonyl (C=O) groups excluding carboxylic acids is 2. The van der Waals surface area contributed by atoms with Crippen LogP contribution in [0.1, 0.15) is 64.9 Å². The first-order valence-electron chi connectivity index (χ1n) is 12.8. The van der Waals surface area contributed by atoms with Crippen LogP contribution in [0.5, 0.6) is 5.75 Å². The molecule has 2 aromatic carbocycles. The number of halogens is 1. The average Bonchev–Trinajstić information content (AvgIpc) is 2.92. The number of carbonyl (C=O) groups is 3. The summed E-state index contributed by atoms with van der Waals surface area (Å²) in [4.78, 5) is 50.7. The lowest BCUT2D eigenvalue weighted by molar-refractivity contribution is -0.123. The Morgan fingerprint density at radius 2 is 1.85 bits per heavy atom. The summed E-state index contributed by atoms with van der Waals surface area (Å²) in [7, 11) is 1.46. The molecular formula is C30H30ClNO7. The van der Waals surface area contributed by atoms with Gasteiger partial charge in [0.15, 0.2) is 11.6 Å². The van der Waals surface area contributed by atoms with Gasteiger partial charge in [0.25, 0.3) is 5.56 Å². The molecule has 0 radical (unpaired) electrons. The fourth-order valence-corrected chi connectivity index (χ4v) is 5.09. The molecule has 3 aromatic rings. The summed E-state index contributed by atoms with van der Waals surface area (Å²) in [6.45, 7) is 2.03. The molecule has 2 unspecified atom stereocenters. The van der Waals surface area contributed by atoms with Crippen LogP contribution >= 0.6 is 11.6 Å². The van der Waals surface area contributed by atoms with Crippen molar-refractivity contribution in [3.05, 3.63) is 86.8 Å². The molecule has 1 fully saturated rings. The minimum Gasteiger partial charge on any atom is -0.495 e. The van der Waals surface area contributed by atoms with Crippen molar-refractivity contribution in [3.8, 4) is 16.9 Å². The SMILES string of the molecule is COc1cn(C(CC2CCCCO2)C(=O)Cc2ccc(C(=O)O)cc2)c(=O)cc1-c1cc(Cl)ccc1C(C)=O. The number of benzene rings is 2. The molecule has 1 aromatic heterocycles. The molecule has 39 heavy (non-hydrogen) atoms. The van der Waals surface area contributed by atoms with Crippen LogP contribution in [0.4, 0.5) is 0 Å². The largest absolute Gasteiger partial charge is 0.495 e. The molecule has 4 rings (SSSR count). The number of Topliss-reactive ketones (excluding diaryl/α,β-unsaturated/α-hetero) is 2. The fraction of sp³-hybridized carbons (Fsp3) is 0.333. The number of ether oxygens (including phenoxy) is 2. The van der Waals surface area contributed by atoms with Crippen molar-refractivity contribution < 1.29 is 29.0 Å². The van der Waals surface area contributed by atoms with Crippen molar-refractivity contribution in [3.63, 3.8) is 0 Å². The summed E-state index contributed by atoms with van der Waals surface area (Å²) in [6, 6.07) is 11.5. The number of nitrogens with zero attached hydrogens (tertiary/aromatic N) is 1. The van der Waals surface area contributed by atoms with Crippen molar-refractivity contribution >= 4 is 29.1 Å². The first-order valence-corrected chi connectivity index (χ1v) is 13.1. The normalized spacial score (nSPS) is 15.9. The second-order valence-corrected chi connectivity index (χ2v) is 10.1. The third-order valence-electron chi connectivity index (χ3n) is 6.96. The Balaban J connectivity index is 1.75. The maximum absolute atomic E-state index is 13.7. The Morgan fingerprint density at radius 1 is 1.10 bits per heavy atom. The lowest BCUT2D eigenvalue weighted by Crippen LogP contribution is -2.34. The highest BCUT2D eigenvalue weighted by molar-refractivity contribution is 6.31. The van der Waals surface area contributed by atoms with Gasteiger partial charge in [0.1, 0.15) is 5.75 Å². The van der Waals surface area contributed by atoms with Gasteiger partial charge in [-0.25, -0.2) is 4.79 Å². The lowest BCUT2D eigenvalue weighted by atomic mass is 9.94. The summed E-state index contributed by atoms with van der Waals surface area (Å²) in [6.07, 6.45) is 4.35. The number of pyridine rings is 1. The molecule has 1 aliphatic rings. The van der Waals surface area contributed by atoms with Crippen LogP contribution in [-0.4, -0.2) is 47.0 Å². The Bertz CT molecular complexity index is 1440. The summed E-state index contributed by atoms with van der Waals surface area (Å²) in [5, 5.41) is 9.57. The first kappa shape index (κ1) is 28.3. The standard InChI is InChI=1S/C30H30ClNO7/c1-18(33)23-11-10-21(31)14-24(23)25-16-29(35)32(17-28(25)38-2)26(15-22-5-3-4-12-39-22)27(34)13-19-6-8-20(9-7-19)30(36)37/h6-11,14,16-17,22,26H,3-5,12-13,15H2,1-2H3,(H,36,37). The van der Waals surface area contributed by atoms with Gasteiger partial charge >= 0.3 is 5.97 Å². The maximum atomic E-state index is 13.7. The van der Waals surface area contributed by atoms with E-state index < -0.39 is 17.6 Å². The third-order valence-corrected chi connectivity index (χ3v) is 7.20. The molecule has 1 N–H and O–H groups in total. The van der Waals surface area contributed by atoms with Gasteiger partial charge in [-0.05, 0) is 67.6 Å². The number of hydrogen-bond donors (Lipinski definition) is 1. The summed E-state index contributed by atoms with van der Waals surface area (Å²) < 4.78 is 12.9. The molecule has 1 aliphatic heterocycles. The van der Waals surface area contributed by atoms with Gasteiger partial charge in [-0.2, -0.15) is 0 Å². The van der Waals surface area contributed by atoms with Crippen LogP contribution in [0.25, 0.3) is 11.1 Å². The predicted molar refractivity (Wildman–Crippen MR) is 147 cm³/mol. The summed E-state index contributed by atoms with van der Waals surface area (Å²) in [5.74, 6) is -1.14. The second kappa shape index (κ2) is 12.4. The average molecular weight is 552 g/mol. The molecule has 2 heterocycles. The number of aromatic nitrogens is 1. The molecular weight excluding hydrogens is 522 g/mol. The number of methoxy groups -OCH3 is 1. The molecule has 0 aliphatic carbocycles. The third kappa shape index (κ3) is 6.64. The monoisotopic (exact) mass is 551 g/mol. The number of aromatic carboxylic acids is 1. The first-order chi connectivity index (χ1) is 18.7. The number of hydrogen-bond acceptors (Lipinski definition) is 6. The van der Waals surface area contributed by atoms with Crippen LogP contribution < -0.4 is 10.3 Å². The van der Waals surface area contributed by atoms with E-state index >= 15 is 0 Å². The van der Waals surface area contributed by atoms with Crippen molar-refractivity contribution in [1.29, 1.82) is 0 Å². The van der Waals surface area contributed by atoms with E-state index in [4.69, 9.17) is 26.2 Å². The van der Waals surface area contributed by atoms with E-state index in [1.807, 2.05) is 0 Å². The minimum absolute atomic E-state index is 0.0105. The minimum atomic E-state index is -1.05. The molecule has 9 heteroatoms. The van der Waals surface area contributed by atoms with Crippen molar-refractivity contribution in [1.82, 2.24) is 4.57 Å². The maximum Gasteiger partial charge on any atom is 0.335 e. The van der Waals surface area contributed by atoms with Crippen LogP contribution in [0, 0.1) is 0 Å². The van der Waals surface area contributed by atoms with Crippen LogP contribution in [0.2, 0.25) is 5.02 Å². The molecule has 0 spiro atoms. The van der Waals surface area contributed by atoms with E-state index in [2.05, 4.69) is 0 Å². The smallest absolute Gasteiger partial charge is 0.335 e. The number of ketones is 2. The molecule has 0 bridgehead atoms. The Kier molecular flexibility index (Phi) is 8.99. The van der Waals surface area contributed by atoms with Crippen molar-refractivity contribution in [2.24, 2.45) is 0 Å². The van der Waals surface area contributed by atoms with Crippen LogP contribution in [-0.2, 0) is 16.0 Å². The van der Waals surface area contributed by atoms with E-state index in [0.717, 1.165) is 19.3 Å². The van der Waals surface area contributed by atoms with E-state index in [-0.39, 0.29) is 29.7 Å². The molecule has 1 saturated heterocycles. The molecule has 2 atom stereocenters. The number of carboxylic acids is 1. The highest BCUT2D eigenvalue weighted by atomic mass is 35.5. The zero-order valence-corrected chi connectivity index (χ0v) is 22.6. The highest BCUT2D eigenvalue weighted by Crippen LogP contribution is 2.34. The number of carboxylic acid groups (broad SMARTS) is 1. The van der Waals surface area contributed by atoms with Gasteiger partial charge in [0.05, 0.1) is 31.0 Å². The Labute approximate surface area is 231 Å². The molecule has 0 saturated carbocycles. The molecule has 8 nitrogen and oxygen atoms in total. The van der Waals surface area contributed by atoms with Gasteiger partial charge in [-0.15, -0.1) is 0 Å². The van der Waals surface area contributed by atoms with Gasteiger partial charge in [0.2, 0.25) is 0 Å². The quantitative estimate of drug-likeness (QED) is 0.336. The lowest BCUT2D eigenvalue weighted by Gasteiger charge is -2.28. The van der Waals surface area contributed by atoms with E-state index in [1.54, 1.807) is 30.3 Å². The van der Waals surface area contributed by atoms with E-state index in [9.17, 15) is 19.2 Å². The van der Waals surface area contributed by atoms with Crippen LogP contribution in [0.3, 0.4) is 0 Å². The van der Waals surface area contributed by atoms with Gasteiger partial charge in [-0.1, -0.05) is 23.7 Å². The van der Waals surface area contributed by atoms with Gasteiger partial charge < -0.3 is 19.1 Å². The van der Waals surface area contributed by atoms with E-state index in [0.29, 0.717) is 46.1 Å². The predicted octanol–water partition coefficient (Wildman–Crippen LogP) is 5.39. The zero-order valence-electron chi connectivity index (χ0n) is 21.8. The zero-order chi connectivity index (χ0) is 28.1.